The third kappa shape index (κ3) is 3.89. The summed E-state index contributed by atoms with van der Waals surface area (Å²) in [7, 11) is 0. The number of halogens is 1. The predicted octanol–water partition coefficient (Wildman–Crippen LogP) is 2.81. The molecule has 0 aliphatic carbocycles. The Morgan fingerprint density at radius 2 is 2.21 bits per heavy atom. The summed E-state index contributed by atoms with van der Waals surface area (Å²) in [6.07, 6.45) is 1.89. The van der Waals surface area contributed by atoms with E-state index in [1.54, 1.807) is 0 Å². The van der Waals surface area contributed by atoms with Crippen molar-refractivity contribution in [1.82, 2.24) is 10.3 Å². The highest BCUT2D eigenvalue weighted by atomic mass is 35.5. The zero-order valence-electron chi connectivity index (χ0n) is 11.0. The van der Waals surface area contributed by atoms with Crippen LogP contribution in [0.5, 0.6) is 0 Å². The Bertz CT molecular complexity index is 493. The van der Waals surface area contributed by atoms with E-state index in [-0.39, 0.29) is 28.4 Å². The summed E-state index contributed by atoms with van der Waals surface area (Å²) >= 11 is 5.68. The first-order chi connectivity index (χ1) is 8.86. The number of aromatic nitrogens is 1. The summed E-state index contributed by atoms with van der Waals surface area (Å²) < 4.78 is 0. The van der Waals surface area contributed by atoms with Crippen molar-refractivity contribution in [2.75, 3.05) is 0 Å². The molecule has 0 aliphatic rings. The van der Waals surface area contributed by atoms with Crippen LogP contribution in [-0.4, -0.2) is 21.9 Å². The van der Waals surface area contributed by atoms with E-state index in [1.165, 1.54) is 6.07 Å². The van der Waals surface area contributed by atoms with E-state index in [1.807, 2.05) is 20.8 Å². The van der Waals surface area contributed by atoms with Crippen LogP contribution >= 0.6 is 11.6 Å². The van der Waals surface area contributed by atoms with Gasteiger partial charge in [-0.3, -0.25) is 14.9 Å². The van der Waals surface area contributed by atoms with Gasteiger partial charge in [0.1, 0.15) is 16.9 Å². The molecule has 1 N–H and O–H groups in total. The number of amides is 1. The van der Waals surface area contributed by atoms with Crippen LogP contribution in [-0.2, 0) is 0 Å². The molecule has 7 heteroatoms. The lowest BCUT2D eigenvalue weighted by Gasteiger charge is -2.19. The van der Waals surface area contributed by atoms with Gasteiger partial charge in [0.2, 0.25) is 0 Å². The van der Waals surface area contributed by atoms with Gasteiger partial charge in [-0.05, 0) is 18.9 Å². The van der Waals surface area contributed by atoms with E-state index in [4.69, 9.17) is 11.6 Å². The number of carbonyl (C=O) groups excluding carboxylic acids is 1. The smallest absolute Gasteiger partial charge is 0.300 e. The molecule has 1 heterocycles. The van der Waals surface area contributed by atoms with Crippen molar-refractivity contribution < 1.29 is 9.72 Å². The molecule has 104 valence electrons. The second-order valence-corrected chi connectivity index (χ2v) is 4.82. The third-order valence-corrected chi connectivity index (χ3v) is 3.35. The topological polar surface area (TPSA) is 85.1 Å². The standard InChI is InChI=1S/C12H16ClN3O3/c1-4-7(2)8(3)15-12(17)9-5-11(13)14-6-10(9)16(18)19/h5-8H,4H2,1-3H3,(H,15,17). The number of pyridine rings is 1. The summed E-state index contributed by atoms with van der Waals surface area (Å²) in [5.74, 6) is -0.232. The highest BCUT2D eigenvalue weighted by Crippen LogP contribution is 2.20. The van der Waals surface area contributed by atoms with Gasteiger partial charge in [0.25, 0.3) is 11.6 Å². The molecule has 0 saturated carbocycles. The van der Waals surface area contributed by atoms with E-state index >= 15 is 0 Å². The quantitative estimate of drug-likeness (QED) is 0.512. The van der Waals surface area contributed by atoms with Crippen LogP contribution in [0.4, 0.5) is 5.69 Å². The minimum Gasteiger partial charge on any atom is -0.349 e. The molecule has 2 atom stereocenters. The Morgan fingerprint density at radius 1 is 1.58 bits per heavy atom. The van der Waals surface area contributed by atoms with Gasteiger partial charge >= 0.3 is 0 Å². The molecule has 1 amide bonds. The van der Waals surface area contributed by atoms with Crippen LogP contribution in [0.25, 0.3) is 0 Å². The fourth-order valence-electron chi connectivity index (χ4n) is 1.53. The van der Waals surface area contributed by atoms with Crippen LogP contribution in [0.15, 0.2) is 12.3 Å². The van der Waals surface area contributed by atoms with Crippen molar-refractivity contribution in [2.24, 2.45) is 5.92 Å². The Labute approximate surface area is 116 Å². The fraction of sp³-hybridized carbons (Fsp3) is 0.500. The fourth-order valence-corrected chi connectivity index (χ4v) is 1.69. The molecule has 0 spiro atoms. The van der Waals surface area contributed by atoms with Crippen molar-refractivity contribution in [3.8, 4) is 0 Å². The third-order valence-electron chi connectivity index (χ3n) is 3.15. The normalized spacial score (nSPS) is 13.7. The molecule has 1 rings (SSSR count). The molecule has 0 aromatic carbocycles. The molecule has 6 nitrogen and oxygen atoms in total. The summed E-state index contributed by atoms with van der Waals surface area (Å²) in [6, 6.07) is 1.13. The van der Waals surface area contributed by atoms with Crippen molar-refractivity contribution in [3.63, 3.8) is 0 Å². The van der Waals surface area contributed by atoms with Crippen molar-refractivity contribution >= 4 is 23.2 Å². The summed E-state index contributed by atoms with van der Waals surface area (Å²) in [4.78, 5) is 25.9. The van der Waals surface area contributed by atoms with Gasteiger partial charge < -0.3 is 5.32 Å². The number of carbonyl (C=O) groups is 1. The highest BCUT2D eigenvalue weighted by molar-refractivity contribution is 6.29. The number of hydrogen-bond donors (Lipinski definition) is 1. The largest absolute Gasteiger partial charge is 0.349 e. The second-order valence-electron chi connectivity index (χ2n) is 4.43. The monoisotopic (exact) mass is 285 g/mol. The van der Waals surface area contributed by atoms with Gasteiger partial charge in [0, 0.05) is 6.04 Å². The van der Waals surface area contributed by atoms with Gasteiger partial charge in [0.05, 0.1) is 4.92 Å². The molecular weight excluding hydrogens is 270 g/mol. The first kappa shape index (κ1) is 15.4. The second kappa shape index (κ2) is 6.47. The number of rotatable bonds is 5. The number of nitrogens with zero attached hydrogens (tertiary/aromatic N) is 2. The minimum absolute atomic E-state index is 0.0481. The molecule has 2 unspecified atom stereocenters. The Hall–Kier alpha value is -1.69. The average Bonchev–Trinajstić information content (AvgIpc) is 2.36. The maximum atomic E-state index is 12.1. The van der Waals surface area contributed by atoms with E-state index in [9.17, 15) is 14.9 Å². The first-order valence-electron chi connectivity index (χ1n) is 5.97. The molecule has 1 aromatic heterocycles. The Balaban J connectivity index is 2.99. The minimum atomic E-state index is -0.647. The average molecular weight is 286 g/mol. The molecule has 0 saturated heterocycles. The zero-order chi connectivity index (χ0) is 14.6. The first-order valence-corrected chi connectivity index (χ1v) is 6.35. The number of nitrogens with one attached hydrogen (secondary N) is 1. The molecule has 0 fully saturated rings. The lowest BCUT2D eigenvalue weighted by atomic mass is 10.0. The molecule has 0 aliphatic heterocycles. The van der Waals surface area contributed by atoms with Crippen LogP contribution < -0.4 is 5.32 Å². The number of hydrogen-bond acceptors (Lipinski definition) is 4. The van der Waals surface area contributed by atoms with Gasteiger partial charge in [0.15, 0.2) is 0 Å². The van der Waals surface area contributed by atoms with E-state index in [0.29, 0.717) is 0 Å². The highest BCUT2D eigenvalue weighted by Gasteiger charge is 2.23. The Morgan fingerprint density at radius 3 is 2.74 bits per heavy atom. The van der Waals surface area contributed by atoms with Crippen LogP contribution in [0, 0.1) is 16.0 Å². The van der Waals surface area contributed by atoms with Gasteiger partial charge in [-0.25, -0.2) is 4.98 Å². The lowest BCUT2D eigenvalue weighted by molar-refractivity contribution is -0.385. The van der Waals surface area contributed by atoms with Gasteiger partial charge in [-0.2, -0.15) is 0 Å². The maximum absolute atomic E-state index is 12.1. The van der Waals surface area contributed by atoms with Crippen molar-refractivity contribution in [2.45, 2.75) is 33.2 Å². The van der Waals surface area contributed by atoms with Crippen LogP contribution in [0.2, 0.25) is 5.15 Å². The van der Waals surface area contributed by atoms with Gasteiger partial charge in [-0.15, -0.1) is 0 Å². The zero-order valence-corrected chi connectivity index (χ0v) is 11.8. The van der Waals surface area contributed by atoms with Crippen molar-refractivity contribution in [1.29, 1.82) is 0 Å². The molecule has 19 heavy (non-hydrogen) atoms. The predicted molar refractivity (Wildman–Crippen MR) is 72.3 cm³/mol. The Kier molecular flexibility index (Phi) is 5.23. The van der Waals surface area contributed by atoms with E-state index in [2.05, 4.69) is 10.3 Å². The van der Waals surface area contributed by atoms with Crippen LogP contribution in [0.3, 0.4) is 0 Å². The summed E-state index contributed by atoms with van der Waals surface area (Å²) in [6.45, 7) is 5.87. The van der Waals surface area contributed by atoms with Gasteiger partial charge in [-0.1, -0.05) is 31.9 Å². The molecular formula is C12H16ClN3O3. The van der Waals surface area contributed by atoms with E-state index < -0.39 is 10.8 Å². The summed E-state index contributed by atoms with van der Waals surface area (Å²) in [5.41, 5.74) is -0.418. The van der Waals surface area contributed by atoms with E-state index in [0.717, 1.165) is 12.6 Å². The molecule has 0 bridgehead atoms. The number of nitro groups is 1. The summed E-state index contributed by atoms with van der Waals surface area (Å²) in [5, 5.41) is 13.6. The van der Waals surface area contributed by atoms with Crippen LogP contribution in [0.1, 0.15) is 37.6 Å². The van der Waals surface area contributed by atoms with Crippen molar-refractivity contribution in [3.05, 3.63) is 33.1 Å². The SMILES string of the molecule is CCC(C)C(C)NC(=O)c1cc(Cl)ncc1[N+](=O)[O-]. The maximum Gasteiger partial charge on any atom is 0.300 e. The molecule has 1 aromatic rings. The lowest BCUT2D eigenvalue weighted by Crippen LogP contribution is -2.37. The molecule has 0 radical (unpaired) electrons.